The number of hydrogen-bond acceptors (Lipinski definition) is 3. The summed E-state index contributed by atoms with van der Waals surface area (Å²) in [6, 6.07) is 3.72. The van der Waals surface area contributed by atoms with Crippen LogP contribution in [0.4, 0.5) is 0 Å². The molecule has 1 aromatic rings. The molecule has 0 bridgehead atoms. The van der Waals surface area contributed by atoms with Crippen LogP contribution in [0, 0.1) is 0 Å². The van der Waals surface area contributed by atoms with E-state index < -0.39 is 0 Å². The van der Waals surface area contributed by atoms with Crippen LogP contribution in [0.2, 0.25) is 5.02 Å². The monoisotopic (exact) mass is 243 g/mol. The lowest BCUT2D eigenvalue weighted by Gasteiger charge is -2.00. The molecule has 0 atom stereocenters. The molecule has 82 valence electrons. The van der Waals surface area contributed by atoms with Gasteiger partial charge in [0.2, 0.25) is 0 Å². The van der Waals surface area contributed by atoms with Gasteiger partial charge in [-0.2, -0.15) is 0 Å². The van der Waals surface area contributed by atoms with Gasteiger partial charge in [0.1, 0.15) is 5.78 Å². The van der Waals surface area contributed by atoms with Crippen LogP contribution < -0.4 is 0 Å². The third-order valence-electron chi connectivity index (χ3n) is 1.94. The van der Waals surface area contributed by atoms with Gasteiger partial charge < -0.3 is 0 Å². The van der Waals surface area contributed by atoms with Crippen LogP contribution in [-0.2, 0) is 4.79 Å². The first-order valence-electron chi connectivity index (χ1n) is 4.98. The third-order valence-corrected chi connectivity index (χ3v) is 3.20. The number of thioether (sulfide) groups is 1. The van der Waals surface area contributed by atoms with Crippen molar-refractivity contribution in [1.82, 2.24) is 4.98 Å². The molecular formula is C11H14ClNOS. The minimum Gasteiger partial charge on any atom is -0.300 e. The zero-order chi connectivity index (χ0) is 11.1. The number of nitrogens with zero attached hydrogens (tertiary/aromatic N) is 1. The SMILES string of the molecule is CCC(=O)CCCSc1ccc(Cl)cn1. The van der Waals surface area contributed by atoms with Gasteiger partial charge in [-0.15, -0.1) is 11.8 Å². The van der Waals surface area contributed by atoms with E-state index in [1.165, 1.54) is 0 Å². The summed E-state index contributed by atoms with van der Waals surface area (Å²) in [4.78, 5) is 15.2. The second kappa shape index (κ2) is 6.85. The van der Waals surface area contributed by atoms with Crippen molar-refractivity contribution in [1.29, 1.82) is 0 Å². The van der Waals surface area contributed by atoms with Crippen molar-refractivity contribution in [3.8, 4) is 0 Å². The highest BCUT2D eigenvalue weighted by molar-refractivity contribution is 7.99. The van der Waals surface area contributed by atoms with Crippen molar-refractivity contribution in [2.24, 2.45) is 0 Å². The Morgan fingerprint density at radius 1 is 1.53 bits per heavy atom. The van der Waals surface area contributed by atoms with Gasteiger partial charge in [-0.3, -0.25) is 4.79 Å². The molecule has 0 radical (unpaired) electrons. The summed E-state index contributed by atoms with van der Waals surface area (Å²) in [5.74, 6) is 1.26. The molecule has 1 aromatic heterocycles. The Morgan fingerprint density at radius 3 is 2.93 bits per heavy atom. The molecule has 0 N–H and O–H groups in total. The second-order valence-corrected chi connectivity index (χ2v) is 4.71. The number of pyridine rings is 1. The fourth-order valence-corrected chi connectivity index (χ4v) is 1.97. The second-order valence-electron chi connectivity index (χ2n) is 3.16. The molecule has 0 spiro atoms. The van der Waals surface area contributed by atoms with Gasteiger partial charge in [-0.1, -0.05) is 18.5 Å². The van der Waals surface area contributed by atoms with Crippen molar-refractivity contribution in [2.75, 3.05) is 5.75 Å². The number of Topliss-reactive ketones (excluding diaryl/α,β-unsaturated/α-hetero) is 1. The minimum atomic E-state index is 0.333. The molecule has 0 saturated heterocycles. The Labute approximate surface area is 99.4 Å². The Kier molecular flexibility index (Phi) is 5.73. The predicted molar refractivity (Wildman–Crippen MR) is 64.5 cm³/mol. The van der Waals surface area contributed by atoms with Gasteiger partial charge in [0.25, 0.3) is 0 Å². The van der Waals surface area contributed by atoms with Crippen LogP contribution in [-0.4, -0.2) is 16.5 Å². The van der Waals surface area contributed by atoms with E-state index in [1.807, 2.05) is 19.1 Å². The Morgan fingerprint density at radius 2 is 2.33 bits per heavy atom. The van der Waals surface area contributed by atoms with Crippen molar-refractivity contribution in [3.05, 3.63) is 23.4 Å². The fourth-order valence-electron chi connectivity index (χ4n) is 1.07. The fraction of sp³-hybridized carbons (Fsp3) is 0.455. The lowest BCUT2D eigenvalue weighted by atomic mass is 10.2. The van der Waals surface area contributed by atoms with Crippen LogP contribution in [0.1, 0.15) is 26.2 Å². The summed E-state index contributed by atoms with van der Waals surface area (Å²) >= 11 is 7.38. The zero-order valence-corrected chi connectivity index (χ0v) is 10.3. The third kappa shape index (κ3) is 5.19. The van der Waals surface area contributed by atoms with Crippen LogP contribution in [0.3, 0.4) is 0 Å². The van der Waals surface area contributed by atoms with Crippen molar-refractivity contribution < 1.29 is 4.79 Å². The summed E-state index contributed by atoms with van der Waals surface area (Å²) in [6.07, 6.45) is 3.88. The molecule has 0 aliphatic carbocycles. The Hall–Kier alpha value is -0.540. The van der Waals surface area contributed by atoms with Crippen molar-refractivity contribution >= 4 is 29.1 Å². The number of ketones is 1. The van der Waals surface area contributed by atoms with Gasteiger partial charge in [0.15, 0.2) is 0 Å². The summed E-state index contributed by atoms with van der Waals surface area (Å²) in [6.45, 7) is 1.90. The number of aromatic nitrogens is 1. The van der Waals surface area contributed by atoms with Crippen LogP contribution in [0.25, 0.3) is 0 Å². The maximum atomic E-state index is 11.0. The maximum Gasteiger partial charge on any atom is 0.132 e. The highest BCUT2D eigenvalue weighted by atomic mass is 35.5. The molecule has 0 aliphatic heterocycles. The zero-order valence-electron chi connectivity index (χ0n) is 8.70. The van der Waals surface area contributed by atoms with E-state index >= 15 is 0 Å². The molecular weight excluding hydrogens is 230 g/mol. The molecule has 0 saturated carbocycles. The van der Waals surface area contributed by atoms with Crippen molar-refractivity contribution in [2.45, 2.75) is 31.2 Å². The quantitative estimate of drug-likeness (QED) is 0.565. The molecule has 0 aromatic carbocycles. The van der Waals surface area contributed by atoms with E-state index in [4.69, 9.17) is 11.6 Å². The first-order chi connectivity index (χ1) is 7.22. The average molecular weight is 244 g/mol. The minimum absolute atomic E-state index is 0.333. The van der Waals surface area contributed by atoms with E-state index in [0.717, 1.165) is 17.2 Å². The molecule has 0 aliphatic rings. The number of hydrogen-bond donors (Lipinski definition) is 0. The van der Waals surface area contributed by atoms with Gasteiger partial charge in [-0.05, 0) is 24.3 Å². The van der Waals surface area contributed by atoms with E-state index in [-0.39, 0.29) is 0 Å². The van der Waals surface area contributed by atoms with Crippen LogP contribution in [0.5, 0.6) is 0 Å². The van der Waals surface area contributed by atoms with Crippen LogP contribution >= 0.6 is 23.4 Å². The van der Waals surface area contributed by atoms with Gasteiger partial charge >= 0.3 is 0 Å². The smallest absolute Gasteiger partial charge is 0.132 e. The van der Waals surface area contributed by atoms with E-state index in [0.29, 0.717) is 23.6 Å². The van der Waals surface area contributed by atoms with Gasteiger partial charge in [0.05, 0.1) is 10.0 Å². The number of carbonyl (C=O) groups is 1. The average Bonchev–Trinajstić information content (AvgIpc) is 2.26. The van der Waals surface area contributed by atoms with Crippen LogP contribution in [0.15, 0.2) is 23.4 Å². The number of rotatable bonds is 6. The van der Waals surface area contributed by atoms with Gasteiger partial charge in [0, 0.05) is 19.0 Å². The molecule has 2 nitrogen and oxygen atoms in total. The van der Waals surface area contributed by atoms with Gasteiger partial charge in [-0.25, -0.2) is 4.98 Å². The summed E-state index contributed by atoms with van der Waals surface area (Å²) < 4.78 is 0. The molecule has 0 unspecified atom stereocenters. The molecule has 0 fully saturated rings. The topological polar surface area (TPSA) is 30.0 Å². The molecule has 0 amide bonds. The summed E-state index contributed by atoms with van der Waals surface area (Å²) in [5.41, 5.74) is 0. The summed E-state index contributed by atoms with van der Waals surface area (Å²) in [5, 5.41) is 1.61. The highest BCUT2D eigenvalue weighted by Crippen LogP contribution is 2.18. The first kappa shape index (κ1) is 12.5. The number of carbonyl (C=O) groups excluding carboxylic acids is 1. The molecule has 1 rings (SSSR count). The summed E-state index contributed by atoms with van der Waals surface area (Å²) in [7, 11) is 0. The molecule has 1 heterocycles. The molecule has 15 heavy (non-hydrogen) atoms. The number of halogens is 1. The van der Waals surface area contributed by atoms with E-state index in [9.17, 15) is 4.79 Å². The van der Waals surface area contributed by atoms with Crippen molar-refractivity contribution in [3.63, 3.8) is 0 Å². The predicted octanol–water partition coefficient (Wildman–Crippen LogP) is 3.59. The Balaban J connectivity index is 2.20. The first-order valence-corrected chi connectivity index (χ1v) is 6.34. The van der Waals surface area contributed by atoms with E-state index in [1.54, 1.807) is 18.0 Å². The highest BCUT2D eigenvalue weighted by Gasteiger charge is 1.99. The Bertz CT molecular complexity index is 313. The normalized spacial score (nSPS) is 10.3. The largest absolute Gasteiger partial charge is 0.300 e. The van der Waals surface area contributed by atoms with E-state index in [2.05, 4.69) is 4.98 Å². The lowest BCUT2D eigenvalue weighted by Crippen LogP contribution is -1.95. The standard InChI is InChI=1S/C11H14ClNOS/c1-2-10(14)4-3-7-15-11-6-5-9(12)8-13-11/h5-6,8H,2-4,7H2,1H3. The molecule has 4 heteroatoms. The lowest BCUT2D eigenvalue weighted by molar-refractivity contribution is -0.118. The maximum absolute atomic E-state index is 11.0.